The number of nitrogens with one attached hydrogen (secondary N) is 3. The number of hydrogen-bond donors (Lipinski definition) is 3. The molecule has 4 bridgehead atoms. The molecule has 0 aliphatic carbocycles. The highest BCUT2D eigenvalue weighted by atomic mass is 32.2. The van der Waals surface area contributed by atoms with Crippen molar-refractivity contribution in [1.82, 2.24) is 14.7 Å². The molecule has 2 aliphatic heterocycles. The molecule has 1 aromatic heterocycles. The Labute approximate surface area is 173 Å². The van der Waals surface area contributed by atoms with Gasteiger partial charge in [-0.1, -0.05) is 12.1 Å². The highest BCUT2D eigenvalue weighted by Gasteiger charge is 2.18. The van der Waals surface area contributed by atoms with Crippen molar-refractivity contribution < 1.29 is 17.9 Å². The van der Waals surface area contributed by atoms with Crippen molar-refractivity contribution in [1.29, 1.82) is 0 Å². The minimum absolute atomic E-state index is 0.192. The summed E-state index contributed by atoms with van der Waals surface area (Å²) in [7, 11) is -3.58. The predicted octanol–water partition coefficient (Wildman–Crippen LogP) is 2.71. The maximum absolute atomic E-state index is 12.5. The first-order valence-corrected chi connectivity index (χ1v) is 10.9. The quantitative estimate of drug-likeness (QED) is 0.545. The normalized spacial score (nSPS) is 16.9. The smallest absolute Gasteiger partial charge is 0.240 e. The third-order valence-corrected chi connectivity index (χ3v) is 6.27. The monoisotopic (exact) mass is 425 g/mol. The number of rotatable bonds is 1. The molecule has 0 saturated carbocycles. The summed E-state index contributed by atoms with van der Waals surface area (Å²) in [6.45, 7) is 1.05. The SMILES string of the molecule is O=S1(=O)NCCCNc2nc(ncc2-c2ccc3c(c2)OCO3)Nc2cccc1c2. The molecular formula is C20H19N5O4S. The van der Waals surface area contributed by atoms with Crippen LogP contribution < -0.4 is 24.8 Å². The van der Waals surface area contributed by atoms with Gasteiger partial charge in [0.25, 0.3) is 0 Å². The van der Waals surface area contributed by atoms with Gasteiger partial charge in [-0.3, -0.25) is 0 Å². The third kappa shape index (κ3) is 3.62. The lowest BCUT2D eigenvalue weighted by Crippen LogP contribution is -2.26. The second-order valence-corrected chi connectivity index (χ2v) is 8.62. The zero-order valence-electron chi connectivity index (χ0n) is 15.9. The summed E-state index contributed by atoms with van der Waals surface area (Å²) in [6.07, 6.45) is 2.32. The van der Waals surface area contributed by atoms with Crippen molar-refractivity contribution in [2.24, 2.45) is 0 Å². The number of anilines is 3. The Morgan fingerprint density at radius 1 is 1.00 bits per heavy atom. The number of aromatic nitrogens is 2. The van der Waals surface area contributed by atoms with Gasteiger partial charge in [0.1, 0.15) is 5.82 Å². The fourth-order valence-corrected chi connectivity index (χ4v) is 4.43. The standard InChI is InChI=1S/C20H19N5O4S/c26-30(27)15-4-1-3-14(10-15)24-20-22-11-16(19(25-20)21-7-2-8-23-30)13-5-6-17-18(9-13)29-12-28-17/h1,3-6,9-11,23H,2,7-8,12H2,(H2,21,22,24,25). The van der Waals surface area contributed by atoms with Crippen molar-refractivity contribution in [2.75, 3.05) is 30.5 Å². The summed E-state index contributed by atoms with van der Waals surface area (Å²) in [6, 6.07) is 12.2. The van der Waals surface area contributed by atoms with Gasteiger partial charge in [0, 0.05) is 30.5 Å². The van der Waals surface area contributed by atoms with Crippen LogP contribution in [0.3, 0.4) is 0 Å². The van der Waals surface area contributed by atoms with Gasteiger partial charge in [-0.05, 0) is 42.3 Å². The lowest BCUT2D eigenvalue weighted by molar-refractivity contribution is 0.174. The molecule has 154 valence electrons. The van der Waals surface area contributed by atoms with Crippen molar-refractivity contribution >= 4 is 27.5 Å². The molecule has 0 saturated heterocycles. The zero-order chi connectivity index (χ0) is 20.6. The van der Waals surface area contributed by atoms with E-state index in [2.05, 4.69) is 25.3 Å². The number of nitrogens with zero attached hydrogens (tertiary/aromatic N) is 2. The van der Waals surface area contributed by atoms with Crippen LogP contribution in [-0.2, 0) is 10.0 Å². The maximum Gasteiger partial charge on any atom is 0.240 e. The first-order chi connectivity index (χ1) is 14.6. The number of benzene rings is 2. The van der Waals surface area contributed by atoms with E-state index in [0.29, 0.717) is 48.5 Å². The second-order valence-electron chi connectivity index (χ2n) is 6.85. The minimum atomic E-state index is -3.58. The van der Waals surface area contributed by atoms with Gasteiger partial charge in [-0.15, -0.1) is 0 Å². The van der Waals surface area contributed by atoms with Crippen LogP contribution in [0.4, 0.5) is 17.5 Å². The summed E-state index contributed by atoms with van der Waals surface area (Å²) in [4.78, 5) is 9.23. The molecule has 0 atom stereocenters. The Hall–Kier alpha value is -3.37. The summed E-state index contributed by atoms with van der Waals surface area (Å²) in [5, 5.41) is 6.38. The molecule has 0 fully saturated rings. The first kappa shape index (κ1) is 18.6. The van der Waals surface area contributed by atoms with Gasteiger partial charge < -0.3 is 20.1 Å². The minimum Gasteiger partial charge on any atom is -0.454 e. The van der Waals surface area contributed by atoms with Crippen molar-refractivity contribution in [3.05, 3.63) is 48.7 Å². The Balaban J connectivity index is 1.54. The number of ether oxygens (including phenoxy) is 2. The van der Waals surface area contributed by atoms with Crippen LogP contribution in [0.5, 0.6) is 11.5 Å². The van der Waals surface area contributed by atoms with Gasteiger partial charge in [0.05, 0.1) is 4.90 Å². The van der Waals surface area contributed by atoms with Gasteiger partial charge >= 0.3 is 0 Å². The largest absolute Gasteiger partial charge is 0.454 e. The summed E-state index contributed by atoms with van der Waals surface area (Å²) >= 11 is 0. The van der Waals surface area contributed by atoms with Crippen LogP contribution in [0.2, 0.25) is 0 Å². The van der Waals surface area contributed by atoms with Crippen molar-refractivity contribution in [2.45, 2.75) is 11.3 Å². The fourth-order valence-electron chi connectivity index (χ4n) is 3.31. The molecule has 30 heavy (non-hydrogen) atoms. The number of fused-ring (bicyclic) bond motifs is 5. The van der Waals surface area contributed by atoms with E-state index in [1.165, 1.54) is 0 Å². The van der Waals surface area contributed by atoms with Crippen molar-refractivity contribution in [3.8, 4) is 22.6 Å². The molecule has 10 heteroatoms. The van der Waals surface area contributed by atoms with Gasteiger partial charge in [-0.25, -0.2) is 18.1 Å². The van der Waals surface area contributed by atoms with Crippen LogP contribution in [0.1, 0.15) is 6.42 Å². The summed E-state index contributed by atoms with van der Waals surface area (Å²) < 4.78 is 38.4. The molecule has 9 nitrogen and oxygen atoms in total. The van der Waals surface area contributed by atoms with E-state index < -0.39 is 10.0 Å². The van der Waals surface area contributed by atoms with E-state index in [4.69, 9.17) is 9.47 Å². The lowest BCUT2D eigenvalue weighted by atomic mass is 10.1. The molecule has 0 radical (unpaired) electrons. The van der Waals surface area contributed by atoms with E-state index in [9.17, 15) is 8.42 Å². The number of sulfonamides is 1. The molecule has 2 aromatic carbocycles. The molecule has 2 aliphatic rings. The van der Waals surface area contributed by atoms with E-state index in [-0.39, 0.29) is 11.7 Å². The Kier molecular flexibility index (Phi) is 4.64. The van der Waals surface area contributed by atoms with Gasteiger partial charge in [-0.2, -0.15) is 4.98 Å². The Morgan fingerprint density at radius 2 is 1.90 bits per heavy atom. The fraction of sp³-hybridized carbons (Fsp3) is 0.200. The lowest BCUT2D eigenvalue weighted by Gasteiger charge is -2.13. The molecule has 3 N–H and O–H groups in total. The summed E-state index contributed by atoms with van der Waals surface area (Å²) in [5.41, 5.74) is 2.28. The van der Waals surface area contributed by atoms with E-state index in [1.807, 2.05) is 18.2 Å². The highest BCUT2D eigenvalue weighted by molar-refractivity contribution is 7.89. The predicted molar refractivity (Wildman–Crippen MR) is 112 cm³/mol. The molecule has 0 amide bonds. The molecule has 3 aromatic rings. The third-order valence-electron chi connectivity index (χ3n) is 4.81. The second kappa shape index (κ2) is 7.47. The molecule has 3 heterocycles. The molecule has 0 spiro atoms. The van der Waals surface area contributed by atoms with E-state index in [1.54, 1.807) is 30.5 Å². The molecule has 0 unspecified atom stereocenters. The van der Waals surface area contributed by atoms with Crippen LogP contribution in [-0.4, -0.2) is 38.3 Å². The summed E-state index contributed by atoms with van der Waals surface area (Å²) in [5.74, 6) is 2.39. The van der Waals surface area contributed by atoms with Crippen molar-refractivity contribution in [3.63, 3.8) is 0 Å². The zero-order valence-corrected chi connectivity index (χ0v) is 16.7. The molecular weight excluding hydrogens is 406 g/mol. The Bertz CT molecular complexity index is 1220. The van der Waals surface area contributed by atoms with Crippen LogP contribution >= 0.6 is 0 Å². The van der Waals surface area contributed by atoms with Crippen LogP contribution in [0.25, 0.3) is 11.1 Å². The Morgan fingerprint density at radius 3 is 2.83 bits per heavy atom. The van der Waals surface area contributed by atoms with Crippen LogP contribution in [0.15, 0.2) is 53.6 Å². The van der Waals surface area contributed by atoms with Crippen LogP contribution in [0, 0.1) is 0 Å². The average Bonchev–Trinajstić information content (AvgIpc) is 3.21. The maximum atomic E-state index is 12.5. The highest BCUT2D eigenvalue weighted by Crippen LogP contribution is 2.37. The molecule has 5 rings (SSSR count). The average molecular weight is 425 g/mol. The van der Waals surface area contributed by atoms with Gasteiger partial charge in [0.15, 0.2) is 11.5 Å². The van der Waals surface area contributed by atoms with E-state index >= 15 is 0 Å². The number of hydrogen-bond acceptors (Lipinski definition) is 8. The van der Waals surface area contributed by atoms with E-state index in [0.717, 1.165) is 11.1 Å². The van der Waals surface area contributed by atoms with Gasteiger partial charge in [0.2, 0.25) is 22.8 Å². The first-order valence-electron chi connectivity index (χ1n) is 9.46. The topological polar surface area (TPSA) is 114 Å².